The van der Waals surface area contributed by atoms with Crippen molar-refractivity contribution in [2.24, 2.45) is 0 Å². The van der Waals surface area contributed by atoms with Crippen molar-refractivity contribution in [1.82, 2.24) is 0 Å². The first-order valence-corrected chi connectivity index (χ1v) is 6.62. The van der Waals surface area contributed by atoms with Gasteiger partial charge in [-0.25, -0.2) is 0 Å². The zero-order valence-corrected chi connectivity index (χ0v) is 11.7. The molecule has 0 bridgehead atoms. The van der Waals surface area contributed by atoms with Gasteiger partial charge in [0.2, 0.25) is 0 Å². The minimum atomic E-state index is -0.0575. The lowest BCUT2D eigenvalue weighted by molar-refractivity contribution is 0.101. The van der Waals surface area contributed by atoms with Crippen molar-refractivity contribution < 1.29 is 4.79 Å². The van der Waals surface area contributed by atoms with Crippen molar-refractivity contribution in [2.45, 2.75) is 0 Å². The maximum absolute atomic E-state index is 12.3. The Morgan fingerprint density at radius 2 is 1.56 bits per heavy atom. The fourth-order valence-corrected chi connectivity index (χ4v) is 2.64. The molecule has 1 amide bonds. The van der Waals surface area contributed by atoms with E-state index < -0.39 is 0 Å². The van der Waals surface area contributed by atoms with E-state index in [9.17, 15) is 4.79 Å². The molecule has 0 N–H and O–H groups in total. The molecule has 3 rings (SSSR count). The Balaban J connectivity index is 2.09. The molecule has 2 aromatic carbocycles. The summed E-state index contributed by atoms with van der Waals surface area (Å²) in [5.74, 6) is -0.0575. The molecule has 1 aliphatic heterocycles. The first-order chi connectivity index (χ1) is 8.68. The van der Waals surface area contributed by atoms with Crippen LogP contribution in [0.3, 0.4) is 0 Å². The first-order valence-electron chi connectivity index (χ1n) is 5.42. The van der Waals surface area contributed by atoms with Crippen LogP contribution in [0, 0.1) is 0 Å². The van der Waals surface area contributed by atoms with Crippen molar-refractivity contribution in [3.05, 3.63) is 64.1 Å². The van der Waals surface area contributed by atoms with Gasteiger partial charge in [-0.1, -0.05) is 46.3 Å². The van der Waals surface area contributed by atoms with Crippen LogP contribution in [0.2, 0.25) is 0 Å². The van der Waals surface area contributed by atoms with E-state index in [1.54, 1.807) is 4.90 Å². The molecule has 2 aromatic rings. The van der Waals surface area contributed by atoms with E-state index in [4.69, 9.17) is 12.2 Å². The van der Waals surface area contributed by atoms with Crippen LogP contribution in [0.1, 0.15) is 15.9 Å². The van der Waals surface area contributed by atoms with Crippen molar-refractivity contribution in [3.8, 4) is 0 Å². The van der Waals surface area contributed by atoms with Crippen molar-refractivity contribution in [1.29, 1.82) is 0 Å². The third-order valence-corrected chi connectivity index (χ3v) is 3.81. The van der Waals surface area contributed by atoms with Gasteiger partial charge in [0.1, 0.15) is 4.99 Å². The molecule has 4 heteroatoms. The van der Waals surface area contributed by atoms with E-state index in [0.29, 0.717) is 10.6 Å². The number of carbonyl (C=O) groups is 1. The Labute approximate surface area is 118 Å². The average molecular weight is 318 g/mol. The molecule has 1 aliphatic rings. The molecular formula is C14H8BrNOS. The number of halogens is 1. The molecule has 88 valence electrons. The highest BCUT2D eigenvalue weighted by atomic mass is 79.9. The summed E-state index contributed by atoms with van der Waals surface area (Å²) in [6.07, 6.45) is 0. The zero-order chi connectivity index (χ0) is 12.7. The SMILES string of the molecule is O=C1c2ccccc2C(=S)N1c1ccc(Br)cc1. The van der Waals surface area contributed by atoms with Gasteiger partial charge in [0.25, 0.3) is 5.91 Å². The Hall–Kier alpha value is -1.52. The van der Waals surface area contributed by atoms with Gasteiger partial charge in [-0.2, -0.15) is 0 Å². The number of hydrogen-bond donors (Lipinski definition) is 0. The van der Waals surface area contributed by atoms with Crippen LogP contribution < -0.4 is 4.90 Å². The quantitative estimate of drug-likeness (QED) is 0.746. The average Bonchev–Trinajstić information content (AvgIpc) is 2.64. The standard InChI is InChI=1S/C14H8BrNOS/c15-9-5-7-10(8-6-9)16-13(17)11-3-1-2-4-12(11)14(16)18/h1-8H. The fourth-order valence-electron chi connectivity index (χ4n) is 2.01. The Bertz CT molecular complexity index is 616. The van der Waals surface area contributed by atoms with Gasteiger partial charge in [-0.05, 0) is 30.3 Å². The molecule has 0 atom stereocenters. The second kappa shape index (κ2) is 4.30. The zero-order valence-electron chi connectivity index (χ0n) is 9.26. The van der Waals surface area contributed by atoms with E-state index in [1.807, 2.05) is 48.5 Å². The third-order valence-electron chi connectivity index (χ3n) is 2.88. The molecule has 18 heavy (non-hydrogen) atoms. The normalized spacial score (nSPS) is 13.9. The second-order valence-electron chi connectivity index (χ2n) is 3.97. The van der Waals surface area contributed by atoms with Gasteiger partial charge < -0.3 is 0 Å². The van der Waals surface area contributed by atoms with Gasteiger partial charge in [-0.3, -0.25) is 9.69 Å². The molecule has 0 aliphatic carbocycles. The number of hydrogen-bond acceptors (Lipinski definition) is 2. The molecular weight excluding hydrogens is 310 g/mol. The van der Waals surface area contributed by atoms with Crippen molar-refractivity contribution >= 4 is 44.7 Å². The molecule has 0 fully saturated rings. The summed E-state index contributed by atoms with van der Waals surface area (Å²) in [6, 6.07) is 15.0. The summed E-state index contributed by atoms with van der Waals surface area (Å²) in [5.41, 5.74) is 2.30. The lowest BCUT2D eigenvalue weighted by Crippen LogP contribution is -2.28. The van der Waals surface area contributed by atoms with Gasteiger partial charge in [0.05, 0.1) is 11.3 Å². The minimum Gasteiger partial charge on any atom is -0.268 e. The largest absolute Gasteiger partial charge is 0.268 e. The van der Waals surface area contributed by atoms with Crippen LogP contribution >= 0.6 is 28.1 Å². The molecule has 0 unspecified atom stereocenters. The van der Waals surface area contributed by atoms with E-state index in [0.717, 1.165) is 15.7 Å². The topological polar surface area (TPSA) is 20.3 Å². The molecule has 1 heterocycles. The van der Waals surface area contributed by atoms with Crippen LogP contribution in [0.4, 0.5) is 5.69 Å². The van der Waals surface area contributed by atoms with E-state index in [2.05, 4.69) is 15.9 Å². The summed E-state index contributed by atoms with van der Waals surface area (Å²) < 4.78 is 0.973. The fraction of sp³-hybridized carbons (Fsp3) is 0. The highest BCUT2D eigenvalue weighted by molar-refractivity contribution is 9.10. The third kappa shape index (κ3) is 1.69. The predicted molar refractivity (Wildman–Crippen MR) is 79.1 cm³/mol. The maximum Gasteiger partial charge on any atom is 0.264 e. The summed E-state index contributed by atoms with van der Waals surface area (Å²) in [7, 11) is 0. The van der Waals surface area contributed by atoms with Crippen LogP contribution in [-0.4, -0.2) is 10.9 Å². The van der Waals surface area contributed by atoms with Crippen LogP contribution in [-0.2, 0) is 0 Å². The van der Waals surface area contributed by atoms with E-state index >= 15 is 0 Å². The van der Waals surface area contributed by atoms with Gasteiger partial charge in [0, 0.05) is 10.0 Å². The molecule has 0 spiro atoms. The molecule has 2 nitrogen and oxygen atoms in total. The molecule has 0 saturated heterocycles. The monoisotopic (exact) mass is 317 g/mol. The first kappa shape index (κ1) is 11.6. The number of amides is 1. The smallest absolute Gasteiger partial charge is 0.264 e. The number of carbonyl (C=O) groups excluding carboxylic acids is 1. The van der Waals surface area contributed by atoms with Gasteiger partial charge in [-0.15, -0.1) is 0 Å². The van der Waals surface area contributed by atoms with E-state index in [-0.39, 0.29) is 5.91 Å². The maximum atomic E-state index is 12.3. The second-order valence-corrected chi connectivity index (χ2v) is 5.27. The van der Waals surface area contributed by atoms with Crippen molar-refractivity contribution in [3.63, 3.8) is 0 Å². The Kier molecular flexibility index (Phi) is 2.76. The molecule has 0 aromatic heterocycles. The summed E-state index contributed by atoms with van der Waals surface area (Å²) >= 11 is 8.76. The number of anilines is 1. The van der Waals surface area contributed by atoms with Crippen molar-refractivity contribution in [2.75, 3.05) is 4.90 Å². The van der Waals surface area contributed by atoms with Crippen LogP contribution in [0.5, 0.6) is 0 Å². The highest BCUT2D eigenvalue weighted by Crippen LogP contribution is 2.29. The minimum absolute atomic E-state index is 0.0575. The molecule has 0 radical (unpaired) electrons. The highest BCUT2D eigenvalue weighted by Gasteiger charge is 2.32. The summed E-state index contributed by atoms with van der Waals surface area (Å²) in [6.45, 7) is 0. The van der Waals surface area contributed by atoms with Crippen LogP contribution in [0.25, 0.3) is 0 Å². The number of benzene rings is 2. The lowest BCUT2D eigenvalue weighted by atomic mass is 10.1. The van der Waals surface area contributed by atoms with Gasteiger partial charge >= 0.3 is 0 Å². The van der Waals surface area contributed by atoms with Gasteiger partial charge in [0.15, 0.2) is 0 Å². The van der Waals surface area contributed by atoms with E-state index in [1.165, 1.54) is 0 Å². The summed E-state index contributed by atoms with van der Waals surface area (Å²) in [4.78, 5) is 14.5. The van der Waals surface area contributed by atoms with Crippen LogP contribution in [0.15, 0.2) is 53.0 Å². The lowest BCUT2D eigenvalue weighted by Gasteiger charge is -2.15. The Morgan fingerprint density at radius 1 is 0.944 bits per heavy atom. The number of rotatable bonds is 1. The Morgan fingerprint density at radius 3 is 2.17 bits per heavy atom. The number of thiocarbonyl (C=S) groups is 1. The number of fused-ring (bicyclic) bond motifs is 1. The number of nitrogens with zero attached hydrogens (tertiary/aromatic N) is 1. The summed E-state index contributed by atoms with van der Waals surface area (Å²) in [5, 5.41) is 0. The predicted octanol–water partition coefficient (Wildman–Crippen LogP) is 3.79. The molecule has 0 saturated carbocycles.